The molecule has 0 spiro atoms. The summed E-state index contributed by atoms with van der Waals surface area (Å²) in [7, 11) is 1.60. The summed E-state index contributed by atoms with van der Waals surface area (Å²) in [4.78, 5) is 15.8. The van der Waals surface area contributed by atoms with E-state index in [1.807, 2.05) is 47.0 Å². The summed E-state index contributed by atoms with van der Waals surface area (Å²) < 4.78 is 7.33. The van der Waals surface area contributed by atoms with Gasteiger partial charge in [0.05, 0.1) is 6.54 Å². The zero-order valence-electron chi connectivity index (χ0n) is 17.7. The van der Waals surface area contributed by atoms with E-state index < -0.39 is 6.10 Å². The van der Waals surface area contributed by atoms with Gasteiger partial charge >= 0.3 is 0 Å². The Balaban J connectivity index is 1.44. The number of nitrogens with one attached hydrogen (secondary N) is 1. The summed E-state index contributed by atoms with van der Waals surface area (Å²) in [5, 5.41) is 16.5. The predicted octanol–water partition coefficient (Wildman–Crippen LogP) is 3.40. The molecule has 7 nitrogen and oxygen atoms in total. The van der Waals surface area contributed by atoms with Crippen LogP contribution in [0.3, 0.4) is 0 Å². The van der Waals surface area contributed by atoms with Crippen molar-refractivity contribution in [2.45, 2.75) is 19.6 Å². The van der Waals surface area contributed by atoms with Gasteiger partial charge in [0.15, 0.2) is 5.76 Å². The zero-order valence-corrected chi connectivity index (χ0v) is 17.7. The van der Waals surface area contributed by atoms with Gasteiger partial charge in [-0.15, -0.1) is 0 Å². The number of hydrogen-bond acceptors (Lipinski definition) is 5. The third-order valence-corrected chi connectivity index (χ3v) is 4.91. The van der Waals surface area contributed by atoms with Crippen molar-refractivity contribution in [2.75, 3.05) is 7.05 Å². The number of benzene rings is 2. The van der Waals surface area contributed by atoms with Crippen molar-refractivity contribution in [3.8, 4) is 23.2 Å². The molecule has 4 aromatic rings. The summed E-state index contributed by atoms with van der Waals surface area (Å²) in [6.07, 6.45) is 2.80. The average Bonchev–Trinajstić information content (AvgIpc) is 3.48. The first-order chi connectivity index (χ1) is 15.5. The molecule has 2 aromatic carbocycles. The van der Waals surface area contributed by atoms with Crippen LogP contribution in [0, 0.1) is 11.8 Å². The zero-order chi connectivity index (χ0) is 22.5. The minimum absolute atomic E-state index is 0.121. The fourth-order valence-corrected chi connectivity index (χ4v) is 3.23. The SMILES string of the molecule is CNC(=O)c1ccc(C#Cc2ccc(-c3cc(Cn4ccnc4C(C)O)no3)cc2)cc1. The van der Waals surface area contributed by atoms with Crippen LogP contribution in [-0.4, -0.2) is 32.8 Å². The summed E-state index contributed by atoms with van der Waals surface area (Å²) in [5.41, 5.74) is 3.93. The highest BCUT2D eigenvalue weighted by molar-refractivity contribution is 5.94. The van der Waals surface area contributed by atoms with Crippen molar-refractivity contribution >= 4 is 5.91 Å². The summed E-state index contributed by atoms with van der Waals surface area (Å²) in [6, 6.07) is 16.7. The number of carbonyl (C=O) groups is 1. The van der Waals surface area contributed by atoms with Crippen LogP contribution in [0.2, 0.25) is 0 Å². The third kappa shape index (κ3) is 4.77. The Morgan fingerprint density at radius 3 is 2.41 bits per heavy atom. The van der Waals surface area contributed by atoms with Gasteiger partial charge in [-0.25, -0.2) is 4.98 Å². The van der Waals surface area contributed by atoms with Crippen LogP contribution in [0.5, 0.6) is 0 Å². The molecule has 0 saturated carbocycles. The van der Waals surface area contributed by atoms with Crippen molar-refractivity contribution in [3.63, 3.8) is 0 Å². The molecule has 0 fully saturated rings. The van der Waals surface area contributed by atoms with E-state index in [1.165, 1.54) is 0 Å². The first kappa shape index (κ1) is 21.1. The summed E-state index contributed by atoms with van der Waals surface area (Å²) in [6.45, 7) is 2.14. The highest BCUT2D eigenvalue weighted by Gasteiger charge is 2.12. The fraction of sp³-hybridized carbons (Fsp3) is 0.160. The maximum Gasteiger partial charge on any atom is 0.251 e. The Morgan fingerprint density at radius 1 is 1.12 bits per heavy atom. The molecule has 0 aliphatic rings. The van der Waals surface area contributed by atoms with Crippen LogP contribution < -0.4 is 5.32 Å². The lowest BCUT2D eigenvalue weighted by Crippen LogP contribution is -2.17. The molecule has 2 aromatic heterocycles. The number of imidazole rings is 1. The Morgan fingerprint density at radius 2 is 1.78 bits per heavy atom. The van der Waals surface area contributed by atoms with Crippen LogP contribution in [-0.2, 0) is 6.54 Å². The second-order valence-corrected chi connectivity index (χ2v) is 7.26. The molecule has 1 atom stereocenters. The molecule has 32 heavy (non-hydrogen) atoms. The van der Waals surface area contributed by atoms with Gasteiger partial charge in [0.25, 0.3) is 5.91 Å². The van der Waals surface area contributed by atoms with Crippen LogP contribution in [0.25, 0.3) is 11.3 Å². The molecule has 0 saturated heterocycles. The van der Waals surface area contributed by atoms with Crippen molar-refractivity contribution in [1.82, 2.24) is 20.0 Å². The minimum atomic E-state index is -0.654. The smallest absolute Gasteiger partial charge is 0.251 e. The Hall–Kier alpha value is -4.15. The van der Waals surface area contributed by atoms with E-state index in [-0.39, 0.29) is 5.91 Å². The predicted molar refractivity (Wildman–Crippen MR) is 120 cm³/mol. The first-order valence-corrected chi connectivity index (χ1v) is 10.1. The normalized spacial score (nSPS) is 11.5. The molecule has 0 aliphatic heterocycles. The number of aliphatic hydroxyl groups excluding tert-OH is 1. The lowest BCUT2D eigenvalue weighted by atomic mass is 10.1. The standard InChI is InChI=1S/C25H22N4O3/c1-17(30)24-27-13-14-29(24)16-22-15-23(32-28-22)20-9-5-18(6-10-20)3-4-19-7-11-21(12-8-19)25(31)26-2/h5-15,17,30H,16H2,1-2H3,(H,26,31). The highest BCUT2D eigenvalue weighted by Crippen LogP contribution is 2.22. The number of amides is 1. The van der Waals surface area contributed by atoms with E-state index in [0.717, 1.165) is 22.4 Å². The molecule has 1 amide bonds. The lowest BCUT2D eigenvalue weighted by Gasteiger charge is -2.07. The molecule has 160 valence electrons. The molecule has 1 unspecified atom stereocenters. The molecule has 0 aliphatic carbocycles. The summed E-state index contributed by atoms with van der Waals surface area (Å²) in [5.74, 6) is 7.34. The molecule has 4 rings (SSSR count). The van der Waals surface area contributed by atoms with Gasteiger partial charge in [0.2, 0.25) is 0 Å². The van der Waals surface area contributed by atoms with E-state index in [1.54, 1.807) is 38.5 Å². The van der Waals surface area contributed by atoms with E-state index in [0.29, 0.717) is 23.7 Å². The van der Waals surface area contributed by atoms with Crippen LogP contribution in [0.1, 0.15) is 46.0 Å². The molecule has 2 heterocycles. The Bertz CT molecular complexity index is 1270. The van der Waals surface area contributed by atoms with Crippen LogP contribution in [0.15, 0.2) is 71.5 Å². The molecule has 0 radical (unpaired) electrons. The monoisotopic (exact) mass is 426 g/mol. The number of carbonyl (C=O) groups excluding carboxylic acids is 1. The van der Waals surface area contributed by atoms with Gasteiger partial charge in [-0.1, -0.05) is 17.0 Å². The average molecular weight is 426 g/mol. The van der Waals surface area contributed by atoms with Gasteiger partial charge in [-0.2, -0.15) is 0 Å². The van der Waals surface area contributed by atoms with Crippen molar-refractivity contribution in [1.29, 1.82) is 0 Å². The Labute approximate surface area is 185 Å². The van der Waals surface area contributed by atoms with E-state index in [2.05, 4.69) is 27.3 Å². The van der Waals surface area contributed by atoms with Gasteiger partial charge in [-0.3, -0.25) is 4.79 Å². The highest BCUT2D eigenvalue weighted by atomic mass is 16.5. The summed E-state index contributed by atoms with van der Waals surface area (Å²) >= 11 is 0. The largest absolute Gasteiger partial charge is 0.385 e. The molecular weight excluding hydrogens is 404 g/mol. The quantitative estimate of drug-likeness (QED) is 0.477. The van der Waals surface area contributed by atoms with Crippen molar-refractivity contribution in [2.24, 2.45) is 0 Å². The van der Waals surface area contributed by atoms with E-state index in [9.17, 15) is 9.90 Å². The van der Waals surface area contributed by atoms with E-state index in [4.69, 9.17) is 4.52 Å². The molecular formula is C25H22N4O3. The number of hydrogen-bond donors (Lipinski definition) is 2. The maximum atomic E-state index is 11.6. The van der Waals surface area contributed by atoms with Crippen molar-refractivity contribution in [3.05, 3.63) is 95.2 Å². The number of rotatable bonds is 5. The van der Waals surface area contributed by atoms with Gasteiger partial charge in [-0.05, 0) is 55.5 Å². The first-order valence-electron chi connectivity index (χ1n) is 10.1. The number of nitrogens with zero attached hydrogens (tertiary/aromatic N) is 3. The fourth-order valence-electron chi connectivity index (χ4n) is 3.23. The minimum Gasteiger partial charge on any atom is -0.385 e. The second-order valence-electron chi connectivity index (χ2n) is 7.26. The van der Waals surface area contributed by atoms with Gasteiger partial charge < -0.3 is 19.5 Å². The molecule has 0 bridgehead atoms. The van der Waals surface area contributed by atoms with Crippen LogP contribution in [0.4, 0.5) is 0 Å². The van der Waals surface area contributed by atoms with Gasteiger partial charge in [0, 0.05) is 47.8 Å². The van der Waals surface area contributed by atoms with Gasteiger partial charge in [0.1, 0.15) is 17.6 Å². The second kappa shape index (κ2) is 9.33. The maximum absolute atomic E-state index is 11.6. The lowest BCUT2D eigenvalue weighted by molar-refractivity contribution is 0.0963. The molecule has 7 heteroatoms. The number of aromatic nitrogens is 3. The van der Waals surface area contributed by atoms with Crippen molar-refractivity contribution < 1.29 is 14.4 Å². The third-order valence-electron chi connectivity index (χ3n) is 4.91. The number of aliphatic hydroxyl groups is 1. The van der Waals surface area contributed by atoms with Crippen LogP contribution >= 0.6 is 0 Å². The molecule has 2 N–H and O–H groups in total. The van der Waals surface area contributed by atoms with E-state index >= 15 is 0 Å². The topological polar surface area (TPSA) is 93.2 Å². The Kier molecular flexibility index (Phi) is 6.15.